The highest BCUT2D eigenvalue weighted by atomic mass is 16.5. The number of benzene rings is 2. The van der Waals surface area contributed by atoms with Crippen LogP contribution in [0.5, 0.6) is 17.2 Å². The highest BCUT2D eigenvalue weighted by Gasteiger charge is 2.37. The molecule has 2 aromatic carbocycles. The summed E-state index contributed by atoms with van der Waals surface area (Å²) in [6.07, 6.45) is 2.09. The maximum Gasteiger partial charge on any atom is 0.245 e. The highest BCUT2D eigenvalue weighted by molar-refractivity contribution is 5.87. The van der Waals surface area contributed by atoms with Gasteiger partial charge in [-0.25, -0.2) is 5.01 Å². The van der Waals surface area contributed by atoms with Gasteiger partial charge < -0.3 is 14.2 Å². The smallest absolute Gasteiger partial charge is 0.245 e. The molecule has 1 saturated heterocycles. The first kappa shape index (κ1) is 16.8. The fourth-order valence-corrected chi connectivity index (χ4v) is 2.79. The molecule has 2 aromatic rings. The predicted molar refractivity (Wildman–Crippen MR) is 94.3 cm³/mol. The number of rotatable bonds is 6. The number of hydrogen-bond donors (Lipinski definition) is 0. The van der Waals surface area contributed by atoms with Gasteiger partial charge in [0.1, 0.15) is 0 Å². The van der Waals surface area contributed by atoms with Gasteiger partial charge in [-0.3, -0.25) is 4.79 Å². The molecule has 6 heteroatoms. The molecule has 0 unspecified atom stereocenters. The first-order valence-electron chi connectivity index (χ1n) is 7.89. The van der Waals surface area contributed by atoms with Gasteiger partial charge in [0.05, 0.1) is 40.0 Å². The third kappa shape index (κ3) is 3.28. The van der Waals surface area contributed by atoms with Gasteiger partial charge in [0.15, 0.2) is 11.5 Å². The average molecular weight is 340 g/mol. The molecule has 1 aliphatic rings. The average Bonchev–Trinajstić information content (AvgIpc) is 2.65. The van der Waals surface area contributed by atoms with E-state index in [1.165, 1.54) is 5.01 Å². The van der Waals surface area contributed by atoms with Crippen LogP contribution >= 0.6 is 0 Å². The molecule has 1 aliphatic heterocycles. The summed E-state index contributed by atoms with van der Waals surface area (Å²) in [5, 5.41) is 5.85. The lowest BCUT2D eigenvalue weighted by molar-refractivity contribution is -0.146. The lowest BCUT2D eigenvalue weighted by atomic mass is 9.96. The molecule has 1 amide bonds. The Hall–Kier alpha value is -3.02. The fourth-order valence-electron chi connectivity index (χ4n) is 2.79. The fraction of sp³-hybridized carbons (Fsp3) is 0.263. The molecule has 0 bridgehead atoms. The van der Waals surface area contributed by atoms with E-state index in [4.69, 9.17) is 14.2 Å². The van der Waals surface area contributed by atoms with Gasteiger partial charge in [-0.05, 0) is 17.7 Å². The monoisotopic (exact) mass is 340 g/mol. The molecule has 25 heavy (non-hydrogen) atoms. The summed E-state index contributed by atoms with van der Waals surface area (Å²) in [7, 11) is 4.67. The third-order valence-corrected chi connectivity index (χ3v) is 4.12. The largest absolute Gasteiger partial charge is 0.493 e. The number of hydrazone groups is 1. The summed E-state index contributed by atoms with van der Waals surface area (Å²) < 4.78 is 16.0. The summed E-state index contributed by atoms with van der Waals surface area (Å²) in [4.78, 5) is 11.9. The van der Waals surface area contributed by atoms with Crippen molar-refractivity contribution in [2.75, 3.05) is 21.3 Å². The molecular weight excluding hydrogens is 320 g/mol. The number of carbonyl (C=O) groups excluding carboxylic acids is 1. The highest BCUT2D eigenvalue weighted by Crippen LogP contribution is 2.38. The topological polar surface area (TPSA) is 60.4 Å². The SMILES string of the molecule is COc1cc(/C=N\N2C(=O)C[C@H]2c2ccccc2)cc(OC)c1OC. The molecule has 1 fully saturated rings. The summed E-state index contributed by atoms with van der Waals surface area (Å²) in [6.45, 7) is 0. The van der Waals surface area contributed by atoms with E-state index in [-0.39, 0.29) is 11.9 Å². The molecule has 0 aromatic heterocycles. The number of hydrogen-bond acceptors (Lipinski definition) is 5. The van der Waals surface area contributed by atoms with Gasteiger partial charge >= 0.3 is 0 Å². The van der Waals surface area contributed by atoms with E-state index in [9.17, 15) is 4.79 Å². The molecular formula is C19H20N2O4. The number of amides is 1. The molecule has 3 rings (SSSR count). The predicted octanol–water partition coefficient (Wildman–Crippen LogP) is 3.02. The van der Waals surface area contributed by atoms with Crippen molar-refractivity contribution in [2.45, 2.75) is 12.5 Å². The van der Waals surface area contributed by atoms with E-state index < -0.39 is 0 Å². The van der Waals surface area contributed by atoms with Crippen molar-refractivity contribution in [3.8, 4) is 17.2 Å². The van der Waals surface area contributed by atoms with Crippen molar-refractivity contribution in [1.29, 1.82) is 0 Å². The number of methoxy groups -OCH3 is 3. The van der Waals surface area contributed by atoms with E-state index in [0.29, 0.717) is 23.7 Å². The van der Waals surface area contributed by atoms with Crippen LogP contribution in [0.3, 0.4) is 0 Å². The van der Waals surface area contributed by atoms with Crippen molar-refractivity contribution >= 4 is 12.1 Å². The van der Waals surface area contributed by atoms with Crippen LogP contribution < -0.4 is 14.2 Å². The Bertz CT molecular complexity index is 764. The zero-order chi connectivity index (χ0) is 17.8. The quantitative estimate of drug-likeness (QED) is 0.599. The van der Waals surface area contributed by atoms with Crippen LogP contribution in [0, 0.1) is 0 Å². The van der Waals surface area contributed by atoms with Gasteiger partial charge in [0.2, 0.25) is 11.7 Å². The maximum atomic E-state index is 11.9. The van der Waals surface area contributed by atoms with Crippen LogP contribution in [0.1, 0.15) is 23.6 Å². The Balaban J connectivity index is 1.85. The molecule has 1 atom stereocenters. The zero-order valence-corrected chi connectivity index (χ0v) is 14.4. The number of carbonyl (C=O) groups is 1. The minimum atomic E-state index is -0.0213. The molecule has 130 valence electrons. The van der Waals surface area contributed by atoms with Gasteiger partial charge in [-0.1, -0.05) is 30.3 Å². The zero-order valence-electron chi connectivity index (χ0n) is 14.4. The van der Waals surface area contributed by atoms with Crippen LogP contribution in [0.4, 0.5) is 0 Å². The molecule has 0 spiro atoms. The first-order chi connectivity index (χ1) is 12.2. The van der Waals surface area contributed by atoms with Gasteiger partial charge in [0.25, 0.3) is 0 Å². The van der Waals surface area contributed by atoms with Crippen LogP contribution in [-0.2, 0) is 4.79 Å². The summed E-state index contributed by atoms with van der Waals surface area (Å²) in [6, 6.07) is 13.4. The number of ether oxygens (including phenoxy) is 3. The minimum absolute atomic E-state index is 0.00227. The standard InChI is InChI=1S/C19H20N2O4/c1-23-16-9-13(10-17(24-2)19(16)25-3)12-20-21-15(11-18(21)22)14-7-5-4-6-8-14/h4-10,12,15H,11H2,1-3H3/b20-12-/t15-/m0/s1. The van der Waals surface area contributed by atoms with Gasteiger partial charge in [0, 0.05) is 5.56 Å². The molecule has 0 aliphatic carbocycles. The van der Waals surface area contributed by atoms with E-state index >= 15 is 0 Å². The molecule has 0 radical (unpaired) electrons. The van der Waals surface area contributed by atoms with Crippen LogP contribution in [0.15, 0.2) is 47.6 Å². The van der Waals surface area contributed by atoms with Crippen LogP contribution in [0.2, 0.25) is 0 Å². The normalized spacial score (nSPS) is 16.7. The molecule has 1 heterocycles. The second-order valence-electron chi connectivity index (χ2n) is 5.57. The minimum Gasteiger partial charge on any atom is -0.493 e. The lowest BCUT2D eigenvalue weighted by Crippen LogP contribution is -2.42. The van der Waals surface area contributed by atoms with Gasteiger partial charge in [-0.15, -0.1) is 0 Å². The number of nitrogens with zero attached hydrogens (tertiary/aromatic N) is 2. The van der Waals surface area contributed by atoms with Crippen molar-refractivity contribution in [3.63, 3.8) is 0 Å². The molecule has 0 saturated carbocycles. The second kappa shape index (κ2) is 7.25. The Morgan fingerprint density at radius 1 is 1.04 bits per heavy atom. The van der Waals surface area contributed by atoms with E-state index in [2.05, 4.69) is 5.10 Å². The van der Waals surface area contributed by atoms with Crippen molar-refractivity contribution in [3.05, 3.63) is 53.6 Å². The molecule has 6 nitrogen and oxygen atoms in total. The first-order valence-corrected chi connectivity index (χ1v) is 7.89. The lowest BCUT2D eigenvalue weighted by Gasteiger charge is -2.36. The van der Waals surface area contributed by atoms with E-state index in [1.807, 2.05) is 30.3 Å². The Morgan fingerprint density at radius 2 is 1.68 bits per heavy atom. The summed E-state index contributed by atoms with van der Waals surface area (Å²) in [5.41, 5.74) is 1.82. The van der Waals surface area contributed by atoms with E-state index in [1.54, 1.807) is 39.7 Å². The Morgan fingerprint density at radius 3 is 2.20 bits per heavy atom. The van der Waals surface area contributed by atoms with Gasteiger partial charge in [-0.2, -0.15) is 5.10 Å². The van der Waals surface area contributed by atoms with Crippen molar-refractivity contribution < 1.29 is 19.0 Å². The third-order valence-electron chi connectivity index (χ3n) is 4.12. The van der Waals surface area contributed by atoms with E-state index in [0.717, 1.165) is 11.1 Å². The molecule has 0 N–H and O–H groups in total. The number of β-lactam (4-membered cyclic amide) rings is 1. The van der Waals surface area contributed by atoms with Crippen LogP contribution in [0.25, 0.3) is 0 Å². The van der Waals surface area contributed by atoms with Crippen molar-refractivity contribution in [2.24, 2.45) is 5.10 Å². The van der Waals surface area contributed by atoms with Crippen LogP contribution in [-0.4, -0.2) is 38.5 Å². The summed E-state index contributed by atoms with van der Waals surface area (Å²) in [5.74, 6) is 1.59. The van der Waals surface area contributed by atoms with Crippen molar-refractivity contribution in [1.82, 2.24) is 5.01 Å². The summed E-state index contributed by atoms with van der Waals surface area (Å²) >= 11 is 0. The Kier molecular flexibility index (Phi) is 4.88. The second-order valence-corrected chi connectivity index (χ2v) is 5.57. The maximum absolute atomic E-state index is 11.9. The Labute approximate surface area is 146 Å².